The summed E-state index contributed by atoms with van der Waals surface area (Å²) in [6.07, 6.45) is 3.34. The summed E-state index contributed by atoms with van der Waals surface area (Å²) in [6.45, 7) is 10.7. The maximum absolute atomic E-state index is 6.12. The van der Waals surface area contributed by atoms with Gasteiger partial charge >= 0.3 is 0 Å². The number of benzene rings is 1. The lowest BCUT2D eigenvalue weighted by Gasteiger charge is -2.27. The maximum Gasteiger partial charge on any atom is 0.128 e. The third-order valence-electron chi connectivity index (χ3n) is 4.03. The normalized spacial score (nSPS) is 18.6. The fourth-order valence-corrected chi connectivity index (χ4v) is 2.87. The van der Waals surface area contributed by atoms with Crippen LogP contribution in [0.25, 0.3) is 0 Å². The molecule has 1 N–H and O–H groups in total. The molecule has 1 heterocycles. The zero-order valence-electron chi connectivity index (χ0n) is 14.1. The standard InChI is InChI=1S/C18H29NO2/c1-6-9-19-16-8-7-10-21-17-14(16)11-13(20-5)12-15(17)18(2,3)4/h11-12,16,19H,6-10H2,1-5H3. The molecule has 0 amide bonds. The largest absolute Gasteiger partial charge is 0.497 e. The molecular formula is C18H29NO2. The van der Waals surface area contributed by atoms with Crippen LogP contribution in [0.1, 0.15) is 64.1 Å². The van der Waals surface area contributed by atoms with E-state index >= 15 is 0 Å². The van der Waals surface area contributed by atoms with E-state index in [1.54, 1.807) is 7.11 Å². The van der Waals surface area contributed by atoms with E-state index in [0.717, 1.165) is 43.9 Å². The van der Waals surface area contributed by atoms with Crippen molar-refractivity contribution in [3.05, 3.63) is 23.3 Å². The van der Waals surface area contributed by atoms with E-state index in [1.165, 1.54) is 11.1 Å². The van der Waals surface area contributed by atoms with E-state index < -0.39 is 0 Å². The number of ether oxygens (including phenoxy) is 2. The second-order valence-corrected chi connectivity index (χ2v) is 6.84. The summed E-state index contributed by atoms with van der Waals surface area (Å²) in [5.41, 5.74) is 2.53. The number of methoxy groups -OCH3 is 1. The smallest absolute Gasteiger partial charge is 0.128 e. The van der Waals surface area contributed by atoms with Gasteiger partial charge in [0, 0.05) is 17.2 Å². The van der Waals surface area contributed by atoms with Gasteiger partial charge in [-0.1, -0.05) is 27.7 Å². The Kier molecular flexibility index (Phi) is 5.15. The molecule has 1 unspecified atom stereocenters. The number of hydrogen-bond donors (Lipinski definition) is 1. The van der Waals surface area contributed by atoms with E-state index in [-0.39, 0.29) is 5.41 Å². The van der Waals surface area contributed by atoms with Gasteiger partial charge in [-0.05, 0) is 43.4 Å². The van der Waals surface area contributed by atoms with E-state index in [0.29, 0.717) is 6.04 Å². The highest BCUT2D eigenvalue weighted by Crippen LogP contribution is 2.42. The number of rotatable bonds is 4. The quantitative estimate of drug-likeness (QED) is 0.901. The predicted molar refractivity (Wildman–Crippen MR) is 87.5 cm³/mol. The molecule has 1 aliphatic rings. The van der Waals surface area contributed by atoms with Crippen LogP contribution in [0.4, 0.5) is 0 Å². The van der Waals surface area contributed by atoms with Crippen LogP contribution < -0.4 is 14.8 Å². The minimum atomic E-state index is 0.0400. The summed E-state index contributed by atoms with van der Waals surface area (Å²) in [5.74, 6) is 1.99. The van der Waals surface area contributed by atoms with Crippen molar-refractivity contribution in [3.8, 4) is 11.5 Å². The molecule has 2 rings (SSSR count). The van der Waals surface area contributed by atoms with Crippen LogP contribution >= 0.6 is 0 Å². The van der Waals surface area contributed by atoms with Gasteiger partial charge in [0.2, 0.25) is 0 Å². The number of fused-ring (bicyclic) bond motifs is 1. The third kappa shape index (κ3) is 3.70. The monoisotopic (exact) mass is 291 g/mol. The molecule has 1 atom stereocenters. The first-order valence-electron chi connectivity index (χ1n) is 8.06. The van der Waals surface area contributed by atoms with Gasteiger partial charge in [0.15, 0.2) is 0 Å². The Morgan fingerprint density at radius 2 is 2.10 bits per heavy atom. The molecule has 0 saturated heterocycles. The van der Waals surface area contributed by atoms with E-state index in [2.05, 4.69) is 45.1 Å². The molecule has 0 aromatic heterocycles. The zero-order chi connectivity index (χ0) is 15.5. The summed E-state index contributed by atoms with van der Waals surface area (Å²) >= 11 is 0. The number of hydrogen-bond acceptors (Lipinski definition) is 3. The first kappa shape index (κ1) is 16.2. The van der Waals surface area contributed by atoms with Gasteiger partial charge < -0.3 is 14.8 Å². The van der Waals surface area contributed by atoms with Crippen molar-refractivity contribution in [1.29, 1.82) is 0 Å². The summed E-state index contributed by atoms with van der Waals surface area (Å²) < 4.78 is 11.6. The zero-order valence-corrected chi connectivity index (χ0v) is 14.1. The first-order chi connectivity index (χ1) is 9.97. The highest BCUT2D eigenvalue weighted by atomic mass is 16.5. The van der Waals surface area contributed by atoms with Crippen molar-refractivity contribution in [2.45, 2.75) is 58.4 Å². The molecule has 118 valence electrons. The minimum absolute atomic E-state index is 0.0400. The van der Waals surface area contributed by atoms with Crippen molar-refractivity contribution >= 4 is 0 Å². The van der Waals surface area contributed by atoms with Crippen molar-refractivity contribution in [2.24, 2.45) is 0 Å². The first-order valence-corrected chi connectivity index (χ1v) is 8.06. The molecule has 0 radical (unpaired) electrons. The topological polar surface area (TPSA) is 30.5 Å². The highest BCUT2D eigenvalue weighted by Gasteiger charge is 2.28. The molecule has 0 bridgehead atoms. The van der Waals surface area contributed by atoms with Crippen molar-refractivity contribution in [2.75, 3.05) is 20.3 Å². The fourth-order valence-electron chi connectivity index (χ4n) is 2.87. The Hall–Kier alpha value is -1.22. The predicted octanol–water partition coefficient (Wildman–Crippen LogP) is 4.21. The molecule has 0 spiro atoms. The highest BCUT2D eigenvalue weighted by molar-refractivity contribution is 5.52. The van der Waals surface area contributed by atoms with Crippen molar-refractivity contribution in [1.82, 2.24) is 5.32 Å². The molecule has 1 aromatic rings. The van der Waals surface area contributed by atoms with Gasteiger partial charge in [0.1, 0.15) is 11.5 Å². The lowest BCUT2D eigenvalue weighted by atomic mass is 9.83. The minimum Gasteiger partial charge on any atom is -0.497 e. The Morgan fingerprint density at radius 1 is 1.33 bits per heavy atom. The van der Waals surface area contributed by atoms with Crippen molar-refractivity contribution in [3.63, 3.8) is 0 Å². The summed E-state index contributed by atoms with van der Waals surface area (Å²) in [4.78, 5) is 0. The third-order valence-corrected chi connectivity index (χ3v) is 4.03. The van der Waals surface area contributed by atoms with E-state index in [9.17, 15) is 0 Å². The second-order valence-electron chi connectivity index (χ2n) is 6.84. The Labute approximate surface area is 129 Å². The summed E-state index contributed by atoms with van der Waals surface area (Å²) in [5, 5.41) is 3.66. The Bertz CT molecular complexity index is 477. The maximum atomic E-state index is 6.12. The Morgan fingerprint density at radius 3 is 2.71 bits per heavy atom. The summed E-state index contributed by atoms with van der Waals surface area (Å²) in [6, 6.07) is 4.63. The SMILES string of the molecule is CCCNC1CCCOc2c1cc(OC)cc2C(C)(C)C. The average molecular weight is 291 g/mol. The second kappa shape index (κ2) is 6.69. The van der Waals surface area contributed by atoms with Gasteiger partial charge in [0.05, 0.1) is 13.7 Å². The number of nitrogens with one attached hydrogen (secondary N) is 1. The molecule has 3 nitrogen and oxygen atoms in total. The van der Waals surface area contributed by atoms with Crippen LogP contribution in [-0.4, -0.2) is 20.3 Å². The van der Waals surface area contributed by atoms with Crippen LogP contribution in [0.5, 0.6) is 11.5 Å². The van der Waals surface area contributed by atoms with Gasteiger partial charge in [-0.2, -0.15) is 0 Å². The Balaban J connectivity index is 2.51. The van der Waals surface area contributed by atoms with Gasteiger partial charge in [-0.25, -0.2) is 0 Å². The molecule has 3 heteroatoms. The van der Waals surface area contributed by atoms with Crippen LogP contribution in [0.2, 0.25) is 0 Å². The molecule has 1 aromatic carbocycles. The van der Waals surface area contributed by atoms with Crippen LogP contribution in [-0.2, 0) is 5.41 Å². The molecule has 21 heavy (non-hydrogen) atoms. The average Bonchev–Trinajstić information content (AvgIpc) is 2.65. The molecule has 0 aliphatic carbocycles. The van der Waals surface area contributed by atoms with Crippen LogP contribution in [0, 0.1) is 0 Å². The van der Waals surface area contributed by atoms with Crippen LogP contribution in [0.3, 0.4) is 0 Å². The lowest BCUT2D eigenvalue weighted by molar-refractivity contribution is 0.306. The van der Waals surface area contributed by atoms with Gasteiger partial charge in [-0.15, -0.1) is 0 Å². The lowest BCUT2D eigenvalue weighted by Crippen LogP contribution is -2.23. The molecule has 0 saturated carbocycles. The molecule has 0 fully saturated rings. The van der Waals surface area contributed by atoms with E-state index in [1.807, 2.05) is 0 Å². The van der Waals surface area contributed by atoms with Crippen LogP contribution in [0.15, 0.2) is 12.1 Å². The summed E-state index contributed by atoms with van der Waals surface area (Å²) in [7, 11) is 1.74. The van der Waals surface area contributed by atoms with Crippen molar-refractivity contribution < 1.29 is 9.47 Å². The molecular weight excluding hydrogens is 262 g/mol. The fraction of sp³-hybridized carbons (Fsp3) is 0.667. The van der Waals surface area contributed by atoms with Gasteiger partial charge in [-0.3, -0.25) is 0 Å². The van der Waals surface area contributed by atoms with Gasteiger partial charge in [0.25, 0.3) is 0 Å². The van der Waals surface area contributed by atoms with E-state index in [4.69, 9.17) is 9.47 Å². The molecule has 1 aliphatic heterocycles.